The van der Waals surface area contributed by atoms with Crippen molar-refractivity contribution in [3.05, 3.63) is 89.2 Å². The zero-order chi connectivity index (χ0) is 24.6. The molecule has 1 saturated heterocycles. The van der Waals surface area contributed by atoms with E-state index < -0.39 is 6.10 Å². The van der Waals surface area contributed by atoms with Gasteiger partial charge in [-0.3, -0.25) is 19.4 Å². The number of amides is 2. The Labute approximate surface area is 208 Å². The molecule has 1 fully saturated rings. The molecule has 0 bridgehead atoms. The summed E-state index contributed by atoms with van der Waals surface area (Å²) < 4.78 is 25.8. The molecule has 2 amide bonds. The van der Waals surface area contributed by atoms with E-state index in [2.05, 4.69) is 9.80 Å². The summed E-state index contributed by atoms with van der Waals surface area (Å²) >= 11 is 0. The number of halogens is 1. The number of nitrogens with zero attached hydrogens (tertiary/aromatic N) is 3. The Kier molecular flexibility index (Phi) is 5.81. The minimum absolute atomic E-state index is 0.122. The fraction of sp³-hybridized carbons (Fsp3) is 0.286. The lowest BCUT2D eigenvalue weighted by Gasteiger charge is -2.36. The summed E-state index contributed by atoms with van der Waals surface area (Å²) in [6.45, 7) is 3.77. The lowest BCUT2D eigenvalue weighted by atomic mass is 10.1. The molecule has 0 aliphatic carbocycles. The van der Waals surface area contributed by atoms with E-state index in [0.717, 1.165) is 18.8 Å². The average Bonchev–Trinajstić information content (AvgIpc) is 3.15. The van der Waals surface area contributed by atoms with Gasteiger partial charge in [-0.25, -0.2) is 4.39 Å². The summed E-state index contributed by atoms with van der Waals surface area (Å²) in [5.41, 5.74) is 2.31. The zero-order valence-electron chi connectivity index (χ0n) is 19.7. The van der Waals surface area contributed by atoms with Crippen LogP contribution in [0.5, 0.6) is 11.5 Å². The number of benzene rings is 3. The van der Waals surface area contributed by atoms with Crippen LogP contribution in [0.4, 0.5) is 10.1 Å². The standard InChI is InChI=1S/C28H26FN3O4/c29-22-8-2-1-6-19(22)16-30-12-14-31(15-13-30)23-9-5-7-21-26(23)28(34)32(27(21)33)17-20-18-35-24-10-3-4-11-25(24)36-20/h1-11,20H,12-18H2/t20-/m0/s1. The Morgan fingerprint density at radius 3 is 2.39 bits per heavy atom. The summed E-state index contributed by atoms with van der Waals surface area (Å²) in [6, 6.07) is 19.6. The Hall–Kier alpha value is -3.91. The van der Waals surface area contributed by atoms with Gasteiger partial charge in [0.25, 0.3) is 11.8 Å². The van der Waals surface area contributed by atoms with Crippen LogP contribution in [0.2, 0.25) is 0 Å². The topological polar surface area (TPSA) is 62.3 Å². The van der Waals surface area contributed by atoms with Gasteiger partial charge in [-0.1, -0.05) is 36.4 Å². The number of piperazine rings is 1. The molecule has 36 heavy (non-hydrogen) atoms. The second kappa shape index (κ2) is 9.28. The summed E-state index contributed by atoms with van der Waals surface area (Å²) in [4.78, 5) is 32.3. The maximum absolute atomic E-state index is 14.1. The van der Waals surface area contributed by atoms with Crippen LogP contribution >= 0.6 is 0 Å². The Bertz CT molecular complexity index is 1320. The maximum atomic E-state index is 14.1. The van der Waals surface area contributed by atoms with Crippen molar-refractivity contribution >= 4 is 17.5 Å². The van der Waals surface area contributed by atoms with Gasteiger partial charge in [0.05, 0.1) is 23.4 Å². The first-order chi connectivity index (χ1) is 17.6. The SMILES string of the molecule is O=C1c2cccc(N3CCN(Cc4ccccc4F)CC3)c2C(=O)N1C[C@H]1COc2ccccc2O1. The highest BCUT2D eigenvalue weighted by Crippen LogP contribution is 2.35. The van der Waals surface area contributed by atoms with Crippen molar-refractivity contribution < 1.29 is 23.5 Å². The molecule has 0 spiro atoms. The van der Waals surface area contributed by atoms with Crippen molar-refractivity contribution in [3.8, 4) is 11.5 Å². The molecule has 3 aliphatic rings. The van der Waals surface area contributed by atoms with Crippen molar-refractivity contribution in [3.63, 3.8) is 0 Å². The van der Waals surface area contributed by atoms with E-state index in [4.69, 9.17) is 9.47 Å². The van der Waals surface area contributed by atoms with Gasteiger partial charge in [-0.05, 0) is 30.3 Å². The third-order valence-electron chi connectivity index (χ3n) is 7.00. The molecule has 0 saturated carbocycles. The van der Waals surface area contributed by atoms with E-state index in [9.17, 15) is 14.0 Å². The van der Waals surface area contributed by atoms with Gasteiger partial charge in [0.15, 0.2) is 17.6 Å². The van der Waals surface area contributed by atoms with Crippen LogP contribution in [0.3, 0.4) is 0 Å². The molecule has 3 aromatic carbocycles. The van der Waals surface area contributed by atoms with Crippen molar-refractivity contribution in [2.24, 2.45) is 0 Å². The minimum Gasteiger partial charge on any atom is -0.486 e. The number of ether oxygens (including phenoxy) is 2. The summed E-state index contributed by atoms with van der Waals surface area (Å²) in [5.74, 6) is 0.465. The van der Waals surface area contributed by atoms with E-state index >= 15 is 0 Å². The quantitative estimate of drug-likeness (QED) is 0.513. The highest BCUT2D eigenvalue weighted by molar-refractivity contribution is 6.23. The number of para-hydroxylation sites is 2. The monoisotopic (exact) mass is 487 g/mol. The van der Waals surface area contributed by atoms with Crippen LogP contribution < -0.4 is 14.4 Å². The van der Waals surface area contributed by atoms with Crippen LogP contribution in [0.25, 0.3) is 0 Å². The highest BCUT2D eigenvalue weighted by atomic mass is 19.1. The number of hydrogen-bond donors (Lipinski definition) is 0. The van der Waals surface area contributed by atoms with Crippen molar-refractivity contribution in [1.29, 1.82) is 0 Å². The first kappa shape index (κ1) is 22.5. The van der Waals surface area contributed by atoms with Gasteiger partial charge < -0.3 is 14.4 Å². The molecule has 0 N–H and O–H groups in total. The second-order valence-electron chi connectivity index (χ2n) is 9.27. The largest absolute Gasteiger partial charge is 0.486 e. The molecule has 184 valence electrons. The van der Waals surface area contributed by atoms with Gasteiger partial charge in [-0.2, -0.15) is 0 Å². The smallest absolute Gasteiger partial charge is 0.263 e. The van der Waals surface area contributed by atoms with Gasteiger partial charge in [0, 0.05) is 38.3 Å². The van der Waals surface area contributed by atoms with Crippen LogP contribution in [0, 0.1) is 5.82 Å². The first-order valence-electron chi connectivity index (χ1n) is 12.2. The van der Waals surface area contributed by atoms with E-state index in [1.165, 1.54) is 11.0 Å². The van der Waals surface area contributed by atoms with Crippen molar-refractivity contribution in [2.45, 2.75) is 12.6 Å². The zero-order valence-corrected chi connectivity index (χ0v) is 19.7. The van der Waals surface area contributed by atoms with Crippen molar-refractivity contribution in [1.82, 2.24) is 9.80 Å². The molecular formula is C28H26FN3O4. The summed E-state index contributed by atoms with van der Waals surface area (Å²) in [5, 5.41) is 0. The third kappa shape index (κ3) is 4.07. The molecule has 7 nitrogen and oxygen atoms in total. The lowest BCUT2D eigenvalue weighted by Crippen LogP contribution is -2.46. The maximum Gasteiger partial charge on any atom is 0.263 e. The number of rotatable bonds is 5. The van der Waals surface area contributed by atoms with E-state index in [1.54, 1.807) is 12.1 Å². The van der Waals surface area contributed by atoms with Gasteiger partial charge >= 0.3 is 0 Å². The average molecular weight is 488 g/mol. The van der Waals surface area contributed by atoms with Crippen LogP contribution in [0.15, 0.2) is 66.7 Å². The predicted molar refractivity (Wildman–Crippen MR) is 132 cm³/mol. The Morgan fingerprint density at radius 1 is 0.833 bits per heavy atom. The number of carbonyl (C=O) groups excluding carboxylic acids is 2. The second-order valence-corrected chi connectivity index (χ2v) is 9.27. The fourth-order valence-electron chi connectivity index (χ4n) is 5.12. The number of anilines is 1. The number of fused-ring (bicyclic) bond motifs is 2. The van der Waals surface area contributed by atoms with Crippen LogP contribution in [0.1, 0.15) is 26.3 Å². The number of imide groups is 1. The lowest BCUT2D eigenvalue weighted by molar-refractivity contribution is 0.0430. The molecule has 0 aromatic heterocycles. The van der Waals surface area contributed by atoms with Crippen molar-refractivity contribution in [2.75, 3.05) is 44.2 Å². The summed E-state index contributed by atoms with van der Waals surface area (Å²) in [6.07, 6.45) is -0.438. The van der Waals surface area contributed by atoms with Gasteiger partial charge in [0.1, 0.15) is 12.4 Å². The Morgan fingerprint density at radius 2 is 1.58 bits per heavy atom. The molecule has 0 radical (unpaired) electrons. The first-order valence-corrected chi connectivity index (χ1v) is 12.2. The molecule has 3 heterocycles. The molecule has 8 heteroatoms. The minimum atomic E-state index is -0.438. The fourth-order valence-corrected chi connectivity index (χ4v) is 5.12. The van der Waals surface area contributed by atoms with Crippen LogP contribution in [-0.4, -0.2) is 67.0 Å². The molecule has 6 rings (SSSR count). The van der Waals surface area contributed by atoms with Gasteiger partial charge in [0.2, 0.25) is 0 Å². The summed E-state index contributed by atoms with van der Waals surface area (Å²) in [7, 11) is 0. The number of carbonyl (C=O) groups is 2. The Balaban J connectivity index is 1.15. The van der Waals surface area contributed by atoms with E-state index in [1.807, 2.05) is 48.5 Å². The van der Waals surface area contributed by atoms with E-state index in [-0.39, 0.29) is 30.8 Å². The van der Waals surface area contributed by atoms with Gasteiger partial charge in [-0.15, -0.1) is 0 Å². The highest BCUT2D eigenvalue weighted by Gasteiger charge is 2.40. The molecule has 3 aromatic rings. The molecule has 3 aliphatic heterocycles. The molecule has 1 atom stereocenters. The number of hydrogen-bond acceptors (Lipinski definition) is 6. The molecule has 0 unspecified atom stereocenters. The molecular weight excluding hydrogens is 461 g/mol. The van der Waals surface area contributed by atoms with E-state index in [0.29, 0.717) is 47.8 Å². The third-order valence-corrected chi connectivity index (χ3v) is 7.00. The normalized spacial score (nSPS) is 19.5. The predicted octanol–water partition coefficient (Wildman–Crippen LogP) is 3.58. The van der Waals surface area contributed by atoms with Crippen LogP contribution in [-0.2, 0) is 6.54 Å².